The molecule has 0 aliphatic heterocycles. The average molecular weight is 356 g/mol. The standard InChI is InChI=1S/C7H2Br3NO/c8-4-1-5(9)7(11-3-12)6(10)2-4/h1-2H. The Labute approximate surface area is 94.5 Å². The number of halogens is 3. The second-order valence-electron chi connectivity index (χ2n) is 1.92. The fourth-order valence-corrected chi connectivity index (χ4v) is 3.12. The molecule has 0 atom stereocenters. The number of hydrogen-bond acceptors (Lipinski definition) is 2. The molecule has 0 radical (unpaired) electrons. The molecule has 0 aromatic heterocycles. The Morgan fingerprint density at radius 2 is 1.67 bits per heavy atom. The van der Waals surface area contributed by atoms with Gasteiger partial charge < -0.3 is 0 Å². The van der Waals surface area contributed by atoms with Gasteiger partial charge in [-0.2, -0.15) is 4.99 Å². The lowest BCUT2D eigenvalue weighted by molar-refractivity contribution is 0.565. The van der Waals surface area contributed by atoms with E-state index in [1.165, 1.54) is 6.08 Å². The van der Waals surface area contributed by atoms with Gasteiger partial charge in [0, 0.05) is 13.4 Å². The van der Waals surface area contributed by atoms with Crippen molar-refractivity contribution in [3.63, 3.8) is 0 Å². The second kappa shape index (κ2) is 4.33. The maximum absolute atomic E-state index is 10.0. The lowest BCUT2D eigenvalue weighted by Crippen LogP contribution is -1.73. The van der Waals surface area contributed by atoms with Crippen molar-refractivity contribution in [3.8, 4) is 0 Å². The predicted octanol–water partition coefficient (Wildman–Crippen LogP) is 3.94. The lowest BCUT2D eigenvalue weighted by atomic mass is 10.3. The van der Waals surface area contributed by atoms with Crippen molar-refractivity contribution in [1.82, 2.24) is 0 Å². The molecule has 0 N–H and O–H groups in total. The van der Waals surface area contributed by atoms with Crippen LogP contribution < -0.4 is 0 Å². The van der Waals surface area contributed by atoms with Crippen LogP contribution in [0, 0.1) is 0 Å². The van der Waals surface area contributed by atoms with Crippen LogP contribution in [0.3, 0.4) is 0 Å². The van der Waals surface area contributed by atoms with Gasteiger partial charge in [0.05, 0.1) is 0 Å². The van der Waals surface area contributed by atoms with E-state index in [2.05, 4.69) is 52.8 Å². The van der Waals surface area contributed by atoms with E-state index >= 15 is 0 Å². The number of hydrogen-bond donors (Lipinski definition) is 0. The molecule has 0 heterocycles. The summed E-state index contributed by atoms with van der Waals surface area (Å²) in [5.74, 6) is 0. The number of carbonyl (C=O) groups excluding carboxylic acids is 1. The quantitative estimate of drug-likeness (QED) is 0.554. The van der Waals surface area contributed by atoms with Crippen molar-refractivity contribution >= 4 is 59.6 Å². The minimum absolute atomic E-state index is 0.549. The SMILES string of the molecule is O=C=Nc1c(Br)cc(Br)cc1Br. The molecule has 0 aliphatic rings. The third-order valence-corrected chi connectivity index (χ3v) is 2.81. The molecule has 0 spiro atoms. The van der Waals surface area contributed by atoms with Gasteiger partial charge in [-0.3, -0.25) is 0 Å². The zero-order valence-electron chi connectivity index (χ0n) is 5.64. The largest absolute Gasteiger partial charge is 0.240 e. The highest BCUT2D eigenvalue weighted by atomic mass is 79.9. The van der Waals surface area contributed by atoms with Crippen molar-refractivity contribution < 1.29 is 4.79 Å². The number of aliphatic imine (C=N–C) groups is 1. The van der Waals surface area contributed by atoms with E-state index in [-0.39, 0.29) is 0 Å². The van der Waals surface area contributed by atoms with Crippen LogP contribution in [-0.2, 0) is 4.79 Å². The minimum atomic E-state index is 0.549. The molecule has 0 saturated heterocycles. The number of isocyanates is 1. The molecule has 2 nitrogen and oxygen atoms in total. The first kappa shape index (κ1) is 10.1. The number of rotatable bonds is 1. The summed E-state index contributed by atoms with van der Waals surface area (Å²) in [5, 5.41) is 0. The molecule has 0 fully saturated rings. The normalized spacial score (nSPS) is 9.25. The summed E-state index contributed by atoms with van der Waals surface area (Å²) < 4.78 is 2.39. The molecular formula is C7H2Br3NO. The van der Waals surface area contributed by atoms with E-state index in [9.17, 15) is 4.79 Å². The molecular weight excluding hydrogens is 354 g/mol. The summed E-state index contributed by atoms with van der Waals surface area (Å²) in [6.45, 7) is 0. The molecule has 0 unspecified atom stereocenters. The van der Waals surface area contributed by atoms with E-state index in [1.807, 2.05) is 0 Å². The summed E-state index contributed by atoms with van der Waals surface area (Å²) in [5.41, 5.74) is 0.549. The molecule has 0 saturated carbocycles. The van der Waals surface area contributed by atoms with E-state index < -0.39 is 0 Å². The summed E-state index contributed by atoms with van der Waals surface area (Å²) in [7, 11) is 0. The Hall–Kier alpha value is 0.0400. The van der Waals surface area contributed by atoms with Crippen LogP contribution in [0.4, 0.5) is 5.69 Å². The minimum Gasteiger partial charge on any atom is -0.211 e. The van der Waals surface area contributed by atoms with Crippen molar-refractivity contribution in [2.45, 2.75) is 0 Å². The highest BCUT2D eigenvalue weighted by Crippen LogP contribution is 2.35. The maximum atomic E-state index is 10.0. The second-order valence-corrected chi connectivity index (χ2v) is 4.55. The highest BCUT2D eigenvalue weighted by Gasteiger charge is 2.04. The molecule has 12 heavy (non-hydrogen) atoms. The first-order chi connectivity index (χ1) is 5.65. The van der Waals surface area contributed by atoms with Gasteiger partial charge in [0.2, 0.25) is 6.08 Å². The Kier molecular flexibility index (Phi) is 3.65. The summed E-state index contributed by atoms with van der Waals surface area (Å²) in [6, 6.07) is 3.61. The zero-order chi connectivity index (χ0) is 9.14. The van der Waals surface area contributed by atoms with Crippen LogP contribution in [0.2, 0.25) is 0 Å². The third kappa shape index (κ3) is 2.26. The fraction of sp³-hybridized carbons (Fsp3) is 0. The van der Waals surface area contributed by atoms with Gasteiger partial charge in [0.15, 0.2) is 0 Å². The van der Waals surface area contributed by atoms with Crippen LogP contribution >= 0.6 is 47.8 Å². The van der Waals surface area contributed by atoms with Crippen LogP contribution in [0.1, 0.15) is 0 Å². The Bertz CT molecular complexity index is 335. The first-order valence-electron chi connectivity index (χ1n) is 2.87. The van der Waals surface area contributed by atoms with E-state index in [4.69, 9.17) is 0 Å². The number of benzene rings is 1. The maximum Gasteiger partial charge on any atom is 0.240 e. The predicted molar refractivity (Wildman–Crippen MR) is 57.3 cm³/mol. The fourth-order valence-electron chi connectivity index (χ4n) is 0.687. The van der Waals surface area contributed by atoms with Gasteiger partial charge >= 0.3 is 0 Å². The van der Waals surface area contributed by atoms with Crippen molar-refractivity contribution in [2.75, 3.05) is 0 Å². The highest BCUT2D eigenvalue weighted by molar-refractivity contribution is 9.11. The lowest BCUT2D eigenvalue weighted by Gasteiger charge is -1.99. The molecule has 62 valence electrons. The smallest absolute Gasteiger partial charge is 0.211 e. The molecule has 0 amide bonds. The first-order valence-corrected chi connectivity index (χ1v) is 5.25. The van der Waals surface area contributed by atoms with Crippen molar-refractivity contribution in [1.29, 1.82) is 0 Å². The molecule has 1 aromatic carbocycles. The van der Waals surface area contributed by atoms with Gasteiger partial charge in [0.25, 0.3) is 0 Å². The van der Waals surface area contributed by atoms with Crippen molar-refractivity contribution in [3.05, 3.63) is 25.6 Å². The molecule has 0 bridgehead atoms. The Morgan fingerprint density at radius 1 is 1.17 bits per heavy atom. The molecule has 1 rings (SSSR count). The third-order valence-electron chi connectivity index (χ3n) is 1.14. The average Bonchev–Trinajstić information content (AvgIpc) is 1.96. The van der Waals surface area contributed by atoms with Crippen LogP contribution in [-0.4, -0.2) is 6.08 Å². The topological polar surface area (TPSA) is 29.4 Å². The van der Waals surface area contributed by atoms with Gasteiger partial charge in [-0.25, -0.2) is 4.79 Å². The summed E-state index contributed by atoms with van der Waals surface area (Å²) in [6.07, 6.45) is 1.48. The van der Waals surface area contributed by atoms with Gasteiger partial charge in [-0.15, -0.1) is 0 Å². The van der Waals surface area contributed by atoms with E-state index in [1.54, 1.807) is 12.1 Å². The molecule has 5 heteroatoms. The summed E-state index contributed by atoms with van der Waals surface area (Å²) in [4.78, 5) is 13.5. The van der Waals surface area contributed by atoms with Gasteiger partial charge in [-0.05, 0) is 44.0 Å². The van der Waals surface area contributed by atoms with Crippen molar-refractivity contribution in [2.24, 2.45) is 4.99 Å². The monoisotopic (exact) mass is 353 g/mol. The van der Waals surface area contributed by atoms with Gasteiger partial charge in [-0.1, -0.05) is 15.9 Å². The van der Waals surface area contributed by atoms with E-state index in [0.717, 1.165) is 13.4 Å². The Balaban J connectivity index is 3.37. The Morgan fingerprint density at radius 3 is 2.08 bits per heavy atom. The van der Waals surface area contributed by atoms with Gasteiger partial charge in [0.1, 0.15) is 5.69 Å². The summed E-state index contributed by atoms with van der Waals surface area (Å²) >= 11 is 9.83. The van der Waals surface area contributed by atoms with Crippen LogP contribution in [0.25, 0.3) is 0 Å². The molecule has 1 aromatic rings. The zero-order valence-corrected chi connectivity index (χ0v) is 10.4. The number of nitrogens with zero attached hydrogens (tertiary/aromatic N) is 1. The van der Waals surface area contributed by atoms with Crippen LogP contribution in [0.5, 0.6) is 0 Å². The van der Waals surface area contributed by atoms with E-state index in [0.29, 0.717) is 5.69 Å². The van der Waals surface area contributed by atoms with Crippen LogP contribution in [0.15, 0.2) is 30.5 Å². The molecule has 0 aliphatic carbocycles.